The Bertz CT molecular complexity index is 728. The average Bonchev–Trinajstić information content (AvgIpc) is 2.92. The van der Waals surface area contributed by atoms with Gasteiger partial charge in [-0.05, 0) is 18.2 Å². The fourth-order valence-corrected chi connectivity index (χ4v) is 2.45. The summed E-state index contributed by atoms with van der Waals surface area (Å²) in [5, 5.41) is 5.86. The molecule has 0 amide bonds. The maximum atomic E-state index is 13.2. The van der Waals surface area contributed by atoms with Crippen molar-refractivity contribution in [3.05, 3.63) is 42.0 Å². The lowest BCUT2D eigenvalue weighted by Gasteiger charge is -2.10. The number of hydrogen-bond donors (Lipinski definition) is 2. The number of esters is 1. The van der Waals surface area contributed by atoms with Crippen molar-refractivity contribution in [1.82, 2.24) is 10.2 Å². The molecule has 7 nitrogen and oxygen atoms in total. The van der Waals surface area contributed by atoms with Crippen LogP contribution in [0.4, 0.5) is 10.1 Å². The minimum absolute atomic E-state index is 0.0963. The highest BCUT2D eigenvalue weighted by molar-refractivity contribution is 7.92. The molecule has 2 rings (SSSR count). The Morgan fingerprint density at radius 1 is 1.45 bits per heavy atom. The number of aromatic amines is 1. The van der Waals surface area contributed by atoms with E-state index in [1.54, 1.807) is 0 Å². The second-order valence-corrected chi connectivity index (χ2v) is 5.40. The maximum absolute atomic E-state index is 13.2. The number of methoxy groups -OCH3 is 1. The summed E-state index contributed by atoms with van der Waals surface area (Å²) in [6.07, 6.45) is 2.24. The maximum Gasteiger partial charge on any atom is 0.339 e. The van der Waals surface area contributed by atoms with E-state index in [4.69, 9.17) is 0 Å². The van der Waals surface area contributed by atoms with Gasteiger partial charge in [0.2, 0.25) is 0 Å². The van der Waals surface area contributed by atoms with Crippen molar-refractivity contribution in [2.75, 3.05) is 11.8 Å². The van der Waals surface area contributed by atoms with Gasteiger partial charge >= 0.3 is 5.97 Å². The molecule has 0 radical (unpaired) electrons. The molecule has 0 bridgehead atoms. The highest BCUT2D eigenvalue weighted by Gasteiger charge is 2.20. The number of aromatic nitrogens is 2. The van der Waals surface area contributed by atoms with Gasteiger partial charge < -0.3 is 4.74 Å². The summed E-state index contributed by atoms with van der Waals surface area (Å²) in [5.41, 5.74) is -0.306. The zero-order valence-corrected chi connectivity index (χ0v) is 11.1. The van der Waals surface area contributed by atoms with Crippen LogP contribution in [0.3, 0.4) is 0 Å². The Morgan fingerprint density at radius 2 is 2.20 bits per heavy atom. The molecule has 1 aromatic heterocycles. The van der Waals surface area contributed by atoms with Gasteiger partial charge in [-0.25, -0.2) is 17.6 Å². The normalized spacial score (nSPS) is 11.1. The van der Waals surface area contributed by atoms with Crippen molar-refractivity contribution in [2.24, 2.45) is 0 Å². The smallest absolute Gasteiger partial charge is 0.339 e. The first-order chi connectivity index (χ1) is 9.44. The molecule has 106 valence electrons. The quantitative estimate of drug-likeness (QED) is 0.824. The lowest BCUT2D eigenvalue weighted by molar-refractivity contribution is 0.0602. The van der Waals surface area contributed by atoms with Crippen LogP contribution in [0.15, 0.2) is 35.5 Å². The number of carbonyl (C=O) groups excluding carboxylic acids is 1. The molecule has 0 spiro atoms. The number of nitrogens with one attached hydrogen (secondary N) is 2. The van der Waals surface area contributed by atoms with Crippen molar-refractivity contribution in [3.8, 4) is 0 Å². The van der Waals surface area contributed by atoms with Crippen LogP contribution in [-0.2, 0) is 14.8 Å². The van der Waals surface area contributed by atoms with Crippen molar-refractivity contribution in [1.29, 1.82) is 0 Å². The summed E-state index contributed by atoms with van der Waals surface area (Å²) >= 11 is 0. The van der Waals surface area contributed by atoms with Crippen LogP contribution >= 0.6 is 0 Å². The topological polar surface area (TPSA) is 101 Å². The number of H-pyrrole nitrogens is 1. The third kappa shape index (κ3) is 2.77. The standard InChI is InChI=1S/C11H10FN3O4S/c1-19-11(16)9-3-2-7(12)4-10(9)15-20(17,18)8-5-13-14-6-8/h2-6,15H,1H3,(H,13,14). The fraction of sp³-hybridized carbons (Fsp3) is 0.0909. The number of ether oxygens (including phenoxy) is 1. The van der Waals surface area contributed by atoms with E-state index in [-0.39, 0.29) is 16.1 Å². The SMILES string of the molecule is COC(=O)c1ccc(F)cc1NS(=O)(=O)c1cn[nH]c1. The molecule has 2 aromatic rings. The molecular weight excluding hydrogens is 289 g/mol. The monoisotopic (exact) mass is 299 g/mol. The molecule has 0 atom stereocenters. The molecule has 0 unspecified atom stereocenters. The van der Waals surface area contributed by atoms with Gasteiger partial charge in [-0.15, -0.1) is 0 Å². The molecule has 0 saturated carbocycles. The molecule has 0 aliphatic rings. The van der Waals surface area contributed by atoms with Crippen LogP contribution < -0.4 is 4.72 Å². The minimum Gasteiger partial charge on any atom is -0.465 e. The number of carbonyl (C=O) groups is 1. The van der Waals surface area contributed by atoms with Crippen molar-refractivity contribution < 1.29 is 22.3 Å². The number of nitrogens with zero attached hydrogens (tertiary/aromatic N) is 1. The highest BCUT2D eigenvalue weighted by atomic mass is 32.2. The summed E-state index contributed by atoms with van der Waals surface area (Å²) in [6, 6.07) is 3.06. The first-order valence-electron chi connectivity index (χ1n) is 5.33. The zero-order valence-electron chi connectivity index (χ0n) is 10.3. The number of anilines is 1. The summed E-state index contributed by atoms with van der Waals surface area (Å²) in [6.45, 7) is 0. The van der Waals surface area contributed by atoms with Crippen LogP contribution in [-0.4, -0.2) is 31.7 Å². The Labute approximate surface area is 113 Å². The lowest BCUT2D eigenvalue weighted by atomic mass is 10.2. The molecule has 0 aliphatic carbocycles. The van der Waals surface area contributed by atoms with Gasteiger partial charge in [-0.1, -0.05) is 0 Å². The van der Waals surface area contributed by atoms with Crippen molar-refractivity contribution in [3.63, 3.8) is 0 Å². The molecule has 20 heavy (non-hydrogen) atoms. The molecule has 1 aromatic carbocycles. The molecule has 9 heteroatoms. The number of halogens is 1. The van der Waals surface area contributed by atoms with Crippen LogP contribution in [0.2, 0.25) is 0 Å². The predicted molar refractivity (Wildman–Crippen MR) is 67.1 cm³/mol. The fourth-order valence-electron chi connectivity index (χ4n) is 1.48. The lowest BCUT2D eigenvalue weighted by Crippen LogP contribution is -2.16. The average molecular weight is 299 g/mol. The van der Waals surface area contributed by atoms with E-state index < -0.39 is 21.8 Å². The third-order valence-corrected chi connectivity index (χ3v) is 3.75. The van der Waals surface area contributed by atoms with Gasteiger partial charge in [0, 0.05) is 6.20 Å². The van der Waals surface area contributed by atoms with Crippen LogP contribution in [0, 0.1) is 5.82 Å². The van der Waals surface area contributed by atoms with Crippen LogP contribution in [0.5, 0.6) is 0 Å². The number of rotatable bonds is 4. The summed E-state index contributed by atoms with van der Waals surface area (Å²) in [5.74, 6) is -1.47. The second-order valence-electron chi connectivity index (χ2n) is 3.72. The first-order valence-corrected chi connectivity index (χ1v) is 6.82. The second kappa shape index (κ2) is 5.29. The molecule has 2 N–H and O–H groups in total. The van der Waals surface area contributed by atoms with Gasteiger partial charge in [-0.2, -0.15) is 5.10 Å². The van der Waals surface area contributed by atoms with Gasteiger partial charge in [0.05, 0.1) is 24.6 Å². The third-order valence-electron chi connectivity index (χ3n) is 2.41. The van der Waals surface area contributed by atoms with Crippen LogP contribution in [0.25, 0.3) is 0 Å². The van der Waals surface area contributed by atoms with E-state index in [0.29, 0.717) is 0 Å². The molecule has 0 saturated heterocycles. The van der Waals surface area contributed by atoms with E-state index in [0.717, 1.165) is 37.7 Å². The highest BCUT2D eigenvalue weighted by Crippen LogP contribution is 2.21. The number of hydrogen-bond acceptors (Lipinski definition) is 5. The molecular formula is C11H10FN3O4S. The van der Waals surface area contributed by atoms with Crippen LogP contribution in [0.1, 0.15) is 10.4 Å². The van der Waals surface area contributed by atoms with Gasteiger partial charge in [0.1, 0.15) is 10.7 Å². The summed E-state index contributed by atoms with van der Waals surface area (Å²) < 4.78 is 43.8. The Kier molecular flexibility index (Phi) is 3.70. The van der Waals surface area contributed by atoms with E-state index >= 15 is 0 Å². The number of benzene rings is 1. The van der Waals surface area contributed by atoms with Crippen molar-refractivity contribution >= 4 is 21.7 Å². The molecule has 0 fully saturated rings. The van der Waals surface area contributed by atoms with Gasteiger partial charge in [-0.3, -0.25) is 9.82 Å². The van der Waals surface area contributed by atoms with Gasteiger partial charge in [0.15, 0.2) is 0 Å². The van der Waals surface area contributed by atoms with Crippen molar-refractivity contribution in [2.45, 2.75) is 4.90 Å². The van der Waals surface area contributed by atoms with E-state index in [1.807, 2.05) is 0 Å². The summed E-state index contributed by atoms with van der Waals surface area (Å²) in [7, 11) is -2.83. The van der Waals surface area contributed by atoms with E-state index in [9.17, 15) is 17.6 Å². The molecule has 1 heterocycles. The Morgan fingerprint density at radius 3 is 2.80 bits per heavy atom. The van der Waals surface area contributed by atoms with E-state index in [2.05, 4.69) is 19.7 Å². The van der Waals surface area contributed by atoms with Gasteiger partial charge in [0.25, 0.3) is 10.0 Å². The largest absolute Gasteiger partial charge is 0.465 e. The first kappa shape index (κ1) is 14.0. The van der Waals surface area contributed by atoms with E-state index in [1.165, 1.54) is 0 Å². The Hall–Kier alpha value is -2.42. The molecule has 0 aliphatic heterocycles. The minimum atomic E-state index is -3.97. The summed E-state index contributed by atoms with van der Waals surface area (Å²) in [4.78, 5) is 11.4. The predicted octanol–water partition coefficient (Wildman–Crippen LogP) is 1.14. The number of sulfonamides is 1. The Balaban J connectivity index is 2.43. The zero-order chi connectivity index (χ0) is 14.8.